The third-order valence-corrected chi connectivity index (χ3v) is 7.27. The first-order valence-electron chi connectivity index (χ1n) is 10.7. The summed E-state index contributed by atoms with van der Waals surface area (Å²) in [7, 11) is 0. The molecule has 5 rings (SSSR count). The van der Waals surface area contributed by atoms with E-state index in [9.17, 15) is 19.1 Å². The number of rotatable bonds is 5. The van der Waals surface area contributed by atoms with E-state index in [0.29, 0.717) is 21.1 Å². The SMILES string of the molecule is Cc1nc(-c2ccccc2)sc1C(=O)C1=C(O)C(=O)N(c2ccc(F)c(Cl)c2)C1c1ccccc1. The van der Waals surface area contributed by atoms with Crippen LogP contribution in [-0.2, 0) is 4.79 Å². The lowest BCUT2D eigenvalue weighted by molar-refractivity contribution is -0.117. The molecule has 1 aliphatic heterocycles. The largest absolute Gasteiger partial charge is 0.503 e. The first kappa shape index (κ1) is 23.0. The molecule has 4 aromatic rings. The van der Waals surface area contributed by atoms with Crippen LogP contribution in [0.15, 0.2) is 90.2 Å². The number of amides is 1. The van der Waals surface area contributed by atoms with Crippen LogP contribution in [0.1, 0.15) is 27.0 Å². The van der Waals surface area contributed by atoms with Gasteiger partial charge in [-0.05, 0) is 30.7 Å². The molecule has 1 N–H and O–H groups in total. The number of aliphatic hydroxyl groups is 1. The minimum Gasteiger partial charge on any atom is -0.503 e. The summed E-state index contributed by atoms with van der Waals surface area (Å²) in [4.78, 5) is 33.2. The monoisotopic (exact) mass is 504 g/mol. The molecule has 174 valence electrons. The second-order valence-corrected chi connectivity index (χ2v) is 9.38. The van der Waals surface area contributed by atoms with Crippen molar-refractivity contribution in [1.82, 2.24) is 4.98 Å². The molecular weight excluding hydrogens is 487 g/mol. The Kier molecular flexibility index (Phi) is 5.96. The lowest BCUT2D eigenvalue weighted by Gasteiger charge is -2.27. The fraction of sp³-hybridized carbons (Fsp3) is 0.0741. The maximum atomic E-state index is 13.8. The minimum atomic E-state index is -0.931. The van der Waals surface area contributed by atoms with E-state index in [1.807, 2.05) is 36.4 Å². The molecule has 3 aromatic carbocycles. The van der Waals surface area contributed by atoms with Crippen LogP contribution in [0.3, 0.4) is 0 Å². The summed E-state index contributed by atoms with van der Waals surface area (Å²) >= 11 is 7.19. The van der Waals surface area contributed by atoms with E-state index in [-0.39, 0.29) is 16.3 Å². The number of Topliss-reactive ketones (excluding diaryl/α,β-unsaturated/α-hetero) is 1. The first-order valence-corrected chi connectivity index (χ1v) is 11.9. The van der Waals surface area contributed by atoms with Gasteiger partial charge in [0.05, 0.1) is 27.2 Å². The van der Waals surface area contributed by atoms with Gasteiger partial charge in [0.1, 0.15) is 10.8 Å². The maximum absolute atomic E-state index is 13.8. The van der Waals surface area contributed by atoms with Gasteiger partial charge >= 0.3 is 0 Å². The molecule has 35 heavy (non-hydrogen) atoms. The van der Waals surface area contributed by atoms with E-state index in [2.05, 4.69) is 4.98 Å². The Labute approximate surface area is 209 Å². The van der Waals surface area contributed by atoms with Crippen molar-refractivity contribution in [3.8, 4) is 10.6 Å². The number of aromatic nitrogens is 1. The number of nitrogens with zero attached hydrogens (tertiary/aromatic N) is 2. The van der Waals surface area contributed by atoms with E-state index in [4.69, 9.17) is 11.6 Å². The molecule has 1 amide bonds. The number of aliphatic hydroxyl groups excluding tert-OH is 1. The number of halogens is 2. The van der Waals surface area contributed by atoms with Gasteiger partial charge in [-0.25, -0.2) is 9.37 Å². The number of carbonyl (C=O) groups excluding carboxylic acids is 2. The number of benzene rings is 3. The predicted molar refractivity (Wildman–Crippen MR) is 134 cm³/mol. The molecule has 5 nitrogen and oxygen atoms in total. The van der Waals surface area contributed by atoms with Gasteiger partial charge in [0, 0.05) is 11.3 Å². The van der Waals surface area contributed by atoms with Crippen molar-refractivity contribution < 1.29 is 19.1 Å². The lowest BCUT2D eigenvalue weighted by Crippen LogP contribution is -2.31. The van der Waals surface area contributed by atoms with Crippen molar-refractivity contribution in [1.29, 1.82) is 0 Å². The van der Waals surface area contributed by atoms with Gasteiger partial charge in [-0.3, -0.25) is 14.5 Å². The molecule has 1 aromatic heterocycles. The minimum absolute atomic E-state index is 0.0620. The highest BCUT2D eigenvalue weighted by Gasteiger charge is 2.45. The van der Waals surface area contributed by atoms with Gasteiger partial charge in [-0.15, -0.1) is 11.3 Å². The maximum Gasteiger partial charge on any atom is 0.294 e. The number of hydrogen-bond acceptors (Lipinski definition) is 5. The molecule has 0 radical (unpaired) electrons. The van der Waals surface area contributed by atoms with E-state index in [1.165, 1.54) is 28.4 Å². The van der Waals surface area contributed by atoms with Gasteiger partial charge in [0.15, 0.2) is 5.76 Å². The summed E-state index contributed by atoms with van der Waals surface area (Å²) in [6, 6.07) is 21.2. The Balaban J connectivity index is 1.63. The Bertz CT molecular complexity index is 1490. The fourth-order valence-electron chi connectivity index (χ4n) is 4.12. The zero-order chi connectivity index (χ0) is 24.7. The van der Waals surface area contributed by atoms with Crippen molar-refractivity contribution in [2.24, 2.45) is 0 Å². The molecule has 1 atom stereocenters. The number of hydrogen-bond donors (Lipinski definition) is 1. The Morgan fingerprint density at radius 2 is 1.71 bits per heavy atom. The Morgan fingerprint density at radius 3 is 2.37 bits per heavy atom. The molecule has 8 heteroatoms. The number of thiazole rings is 1. The van der Waals surface area contributed by atoms with E-state index in [0.717, 1.165) is 11.6 Å². The Hall–Kier alpha value is -3.81. The number of carbonyl (C=O) groups is 2. The van der Waals surface area contributed by atoms with E-state index < -0.39 is 29.3 Å². The van der Waals surface area contributed by atoms with Crippen LogP contribution in [-0.4, -0.2) is 21.8 Å². The van der Waals surface area contributed by atoms with Gasteiger partial charge in [-0.1, -0.05) is 72.3 Å². The third-order valence-electron chi connectivity index (χ3n) is 5.77. The summed E-state index contributed by atoms with van der Waals surface area (Å²) in [6.07, 6.45) is 0. The quantitative estimate of drug-likeness (QED) is 0.307. The summed E-state index contributed by atoms with van der Waals surface area (Å²) in [5.41, 5.74) is 2.17. The molecule has 0 saturated heterocycles. The fourth-order valence-corrected chi connectivity index (χ4v) is 5.32. The second kappa shape index (κ2) is 9.09. The highest BCUT2D eigenvalue weighted by atomic mass is 35.5. The molecule has 0 spiro atoms. The molecule has 0 fully saturated rings. The molecule has 0 saturated carbocycles. The summed E-state index contributed by atoms with van der Waals surface area (Å²) < 4.78 is 13.8. The van der Waals surface area contributed by atoms with E-state index >= 15 is 0 Å². The first-order chi connectivity index (χ1) is 16.9. The second-order valence-electron chi connectivity index (χ2n) is 7.98. The number of anilines is 1. The highest BCUT2D eigenvalue weighted by Crippen LogP contribution is 2.43. The van der Waals surface area contributed by atoms with Gasteiger partial charge < -0.3 is 5.11 Å². The molecular formula is C27H18ClFN2O3S. The van der Waals surface area contributed by atoms with Crippen molar-refractivity contribution >= 4 is 40.3 Å². The molecule has 1 aliphatic rings. The average Bonchev–Trinajstić information content (AvgIpc) is 3.39. The van der Waals surface area contributed by atoms with Crippen LogP contribution in [0.4, 0.5) is 10.1 Å². The molecule has 1 unspecified atom stereocenters. The Morgan fingerprint density at radius 1 is 1.06 bits per heavy atom. The van der Waals surface area contributed by atoms with Crippen LogP contribution in [0.5, 0.6) is 0 Å². The lowest BCUT2D eigenvalue weighted by atomic mass is 9.95. The van der Waals surface area contributed by atoms with Crippen molar-refractivity contribution in [2.45, 2.75) is 13.0 Å². The third kappa shape index (κ3) is 4.03. The molecule has 0 bridgehead atoms. The number of aryl methyl sites for hydroxylation is 1. The zero-order valence-corrected chi connectivity index (χ0v) is 20.0. The van der Waals surface area contributed by atoms with Crippen molar-refractivity contribution in [2.75, 3.05) is 4.90 Å². The van der Waals surface area contributed by atoms with Crippen LogP contribution in [0, 0.1) is 12.7 Å². The zero-order valence-electron chi connectivity index (χ0n) is 18.4. The predicted octanol–water partition coefficient (Wildman–Crippen LogP) is 6.69. The van der Waals surface area contributed by atoms with Gasteiger partial charge in [0.25, 0.3) is 5.91 Å². The summed E-state index contributed by atoms with van der Waals surface area (Å²) in [6.45, 7) is 1.72. The number of ketones is 1. The molecule has 2 heterocycles. The van der Waals surface area contributed by atoms with Gasteiger partial charge in [-0.2, -0.15) is 0 Å². The smallest absolute Gasteiger partial charge is 0.294 e. The standard InChI is InChI=1S/C27H18ClFN2O3S/c1-15-25(35-26(30-15)17-10-6-3-7-11-17)23(32)21-22(16-8-4-2-5-9-16)31(27(34)24(21)33)18-12-13-20(29)19(28)14-18/h2-14,22,33H,1H3. The summed E-state index contributed by atoms with van der Waals surface area (Å²) in [5.74, 6) is -2.55. The van der Waals surface area contributed by atoms with Crippen molar-refractivity contribution in [3.63, 3.8) is 0 Å². The van der Waals surface area contributed by atoms with Gasteiger partial charge in [0.2, 0.25) is 5.78 Å². The van der Waals surface area contributed by atoms with Crippen LogP contribution in [0.2, 0.25) is 5.02 Å². The van der Waals surface area contributed by atoms with E-state index in [1.54, 1.807) is 31.2 Å². The molecule has 0 aliphatic carbocycles. The average molecular weight is 505 g/mol. The van der Waals surface area contributed by atoms with Crippen LogP contribution >= 0.6 is 22.9 Å². The van der Waals surface area contributed by atoms with Crippen LogP contribution < -0.4 is 4.90 Å². The highest BCUT2D eigenvalue weighted by molar-refractivity contribution is 7.17. The topological polar surface area (TPSA) is 70.5 Å². The van der Waals surface area contributed by atoms with Crippen molar-refractivity contribution in [3.05, 3.63) is 117 Å². The normalized spacial score (nSPS) is 15.7. The summed E-state index contributed by atoms with van der Waals surface area (Å²) in [5, 5.41) is 11.4. The van der Waals surface area contributed by atoms with Crippen LogP contribution in [0.25, 0.3) is 10.6 Å².